The summed E-state index contributed by atoms with van der Waals surface area (Å²) in [7, 11) is 0. The van der Waals surface area contributed by atoms with Crippen molar-refractivity contribution in [2.45, 2.75) is 38.9 Å². The normalized spacial score (nSPS) is 23.3. The number of quaternary nitrogens is 2. The van der Waals surface area contributed by atoms with Crippen LogP contribution in [0.2, 0.25) is 0 Å². The molecular formula is C19H28N2O+2. The first-order valence-corrected chi connectivity index (χ1v) is 8.59. The molecule has 0 aliphatic carbocycles. The zero-order valence-electron chi connectivity index (χ0n) is 13.6. The summed E-state index contributed by atoms with van der Waals surface area (Å²) in [5, 5.41) is 0. The molecule has 2 aromatic rings. The highest BCUT2D eigenvalue weighted by Gasteiger charge is 2.29. The van der Waals surface area contributed by atoms with Gasteiger partial charge in [0.15, 0.2) is 5.76 Å². The van der Waals surface area contributed by atoms with Gasteiger partial charge in [-0.3, -0.25) is 0 Å². The zero-order valence-corrected chi connectivity index (χ0v) is 13.6. The zero-order chi connectivity index (χ0) is 15.2. The van der Waals surface area contributed by atoms with Crippen LogP contribution in [0.4, 0.5) is 0 Å². The lowest BCUT2D eigenvalue weighted by atomic mass is 10.0. The SMILES string of the molecule is CC[NH+](Cc1ccccc1)C1CC[NH+](Cc2ccco2)CC1. The summed E-state index contributed by atoms with van der Waals surface area (Å²) in [6.45, 7) is 8.27. The maximum absolute atomic E-state index is 5.48. The number of likely N-dealkylation sites (tertiary alicyclic amines) is 1. The van der Waals surface area contributed by atoms with Crippen LogP contribution in [-0.4, -0.2) is 25.7 Å². The smallest absolute Gasteiger partial charge is 0.157 e. The summed E-state index contributed by atoms with van der Waals surface area (Å²) in [5.41, 5.74) is 1.46. The highest BCUT2D eigenvalue weighted by molar-refractivity contribution is 5.13. The van der Waals surface area contributed by atoms with Gasteiger partial charge in [0.2, 0.25) is 0 Å². The molecule has 1 aromatic carbocycles. The number of hydrogen-bond acceptors (Lipinski definition) is 1. The van der Waals surface area contributed by atoms with Gasteiger partial charge in [0.05, 0.1) is 31.9 Å². The third kappa shape index (κ3) is 3.99. The number of nitrogens with one attached hydrogen (secondary N) is 2. The third-order valence-corrected chi connectivity index (χ3v) is 5.00. The molecule has 3 rings (SSSR count). The fourth-order valence-electron chi connectivity index (χ4n) is 3.69. The quantitative estimate of drug-likeness (QED) is 0.814. The van der Waals surface area contributed by atoms with Crippen molar-refractivity contribution in [3.8, 4) is 0 Å². The fourth-order valence-corrected chi connectivity index (χ4v) is 3.69. The largest absolute Gasteiger partial charge is 0.463 e. The van der Waals surface area contributed by atoms with Gasteiger partial charge >= 0.3 is 0 Å². The lowest BCUT2D eigenvalue weighted by Gasteiger charge is -2.33. The molecule has 0 spiro atoms. The topological polar surface area (TPSA) is 22.0 Å². The van der Waals surface area contributed by atoms with Crippen LogP contribution in [0.5, 0.6) is 0 Å². The van der Waals surface area contributed by atoms with Crippen molar-refractivity contribution in [1.29, 1.82) is 0 Å². The Morgan fingerprint density at radius 1 is 1.09 bits per heavy atom. The minimum atomic E-state index is 0.811. The lowest BCUT2D eigenvalue weighted by Crippen LogP contribution is -3.19. The van der Waals surface area contributed by atoms with Crippen molar-refractivity contribution >= 4 is 0 Å². The van der Waals surface area contributed by atoms with Gasteiger partial charge in [-0.1, -0.05) is 30.3 Å². The lowest BCUT2D eigenvalue weighted by molar-refractivity contribution is -0.970. The van der Waals surface area contributed by atoms with E-state index < -0.39 is 0 Å². The van der Waals surface area contributed by atoms with Gasteiger partial charge in [-0.05, 0) is 19.1 Å². The molecule has 0 radical (unpaired) electrons. The maximum atomic E-state index is 5.48. The Bertz CT molecular complexity index is 530. The molecule has 1 fully saturated rings. The molecule has 0 saturated carbocycles. The van der Waals surface area contributed by atoms with Gasteiger partial charge < -0.3 is 14.2 Å². The highest BCUT2D eigenvalue weighted by atomic mass is 16.3. The fraction of sp³-hybridized carbons (Fsp3) is 0.474. The first kappa shape index (κ1) is 15.3. The molecule has 3 heteroatoms. The van der Waals surface area contributed by atoms with Crippen LogP contribution in [0.3, 0.4) is 0 Å². The predicted molar refractivity (Wildman–Crippen MR) is 87.8 cm³/mol. The molecule has 118 valence electrons. The molecule has 1 saturated heterocycles. The minimum Gasteiger partial charge on any atom is -0.463 e. The van der Waals surface area contributed by atoms with E-state index in [4.69, 9.17) is 4.42 Å². The summed E-state index contributed by atoms with van der Waals surface area (Å²) >= 11 is 0. The van der Waals surface area contributed by atoms with Crippen molar-refractivity contribution < 1.29 is 14.2 Å². The summed E-state index contributed by atoms with van der Waals surface area (Å²) in [4.78, 5) is 3.41. The Hall–Kier alpha value is -1.58. The molecule has 3 nitrogen and oxygen atoms in total. The van der Waals surface area contributed by atoms with Gasteiger partial charge in [-0.15, -0.1) is 0 Å². The van der Waals surface area contributed by atoms with Crippen LogP contribution in [0.25, 0.3) is 0 Å². The van der Waals surface area contributed by atoms with E-state index in [-0.39, 0.29) is 0 Å². The number of hydrogen-bond donors (Lipinski definition) is 2. The van der Waals surface area contributed by atoms with E-state index in [1.54, 1.807) is 16.1 Å². The van der Waals surface area contributed by atoms with Gasteiger partial charge in [0, 0.05) is 18.4 Å². The molecule has 0 amide bonds. The van der Waals surface area contributed by atoms with E-state index in [1.165, 1.54) is 38.0 Å². The van der Waals surface area contributed by atoms with Crippen LogP contribution in [0, 0.1) is 0 Å². The molecule has 1 unspecified atom stereocenters. The van der Waals surface area contributed by atoms with Crippen molar-refractivity contribution in [3.63, 3.8) is 0 Å². The number of furan rings is 1. The molecular weight excluding hydrogens is 272 g/mol. The number of piperidine rings is 1. The number of benzene rings is 1. The van der Waals surface area contributed by atoms with E-state index in [0.717, 1.165) is 24.9 Å². The van der Waals surface area contributed by atoms with Crippen LogP contribution >= 0.6 is 0 Å². The Morgan fingerprint density at radius 2 is 1.86 bits per heavy atom. The average Bonchev–Trinajstić information content (AvgIpc) is 3.07. The van der Waals surface area contributed by atoms with Gasteiger partial charge in [0.25, 0.3) is 0 Å². The molecule has 1 aromatic heterocycles. The Labute approximate surface area is 133 Å². The summed E-state index contributed by atoms with van der Waals surface area (Å²) in [6.07, 6.45) is 4.43. The third-order valence-electron chi connectivity index (χ3n) is 5.00. The molecule has 0 bridgehead atoms. The number of rotatable bonds is 6. The van der Waals surface area contributed by atoms with Crippen LogP contribution in [0.1, 0.15) is 31.1 Å². The molecule has 1 aliphatic rings. The Kier molecular flexibility index (Phi) is 5.30. The van der Waals surface area contributed by atoms with E-state index in [0.29, 0.717) is 0 Å². The van der Waals surface area contributed by atoms with Crippen molar-refractivity contribution in [2.24, 2.45) is 0 Å². The Morgan fingerprint density at radius 3 is 2.50 bits per heavy atom. The average molecular weight is 300 g/mol. The van der Waals surface area contributed by atoms with Gasteiger partial charge in [-0.25, -0.2) is 0 Å². The van der Waals surface area contributed by atoms with Gasteiger partial charge in [0.1, 0.15) is 13.1 Å². The van der Waals surface area contributed by atoms with Crippen molar-refractivity contribution in [1.82, 2.24) is 0 Å². The monoisotopic (exact) mass is 300 g/mol. The minimum absolute atomic E-state index is 0.811. The molecule has 22 heavy (non-hydrogen) atoms. The molecule has 2 heterocycles. The van der Waals surface area contributed by atoms with Crippen LogP contribution in [-0.2, 0) is 13.1 Å². The molecule has 1 atom stereocenters. The molecule has 2 N–H and O–H groups in total. The maximum Gasteiger partial charge on any atom is 0.157 e. The summed E-state index contributed by atoms with van der Waals surface area (Å²) < 4.78 is 5.48. The standard InChI is InChI=1S/C19H26N2O/c1-2-21(15-17-7-4-3-5-8-17)18-10-12-20(13-11-18)16-19-9-6-14-22-19/h3-9,14,18H,2,10-13,15-16H2,1H3/p+2. The predicted octanol–water partition coefficient (Wildman–Crippen LogP) is 0.932. The summed E-state index contributed by atoms with van der Waals surface area (Å²) in [5.74, 6) is 1.12. The van der Waals surface area contributed by atoms with Gasteiger partial charge in [-0.2, -0.15) is 0 Å². The second-order valence-corrected chi connectivity index (χ2v) is 6.45. The molecule has 1 aliphatic heterocycles. The van der Waals surface area contributed by atoms with E-state index in [1.807, 2.05) is 6.07 Å². The van der Waals surface area contributed by atoms with E-state index in [9.17, 15) is 0 Å². The highest BCUT2D eigenvalue weighted by Crippen LogP contribution is 2.02. The van der Waals surface area contributed by atoms with Crippen molar-refractivity contribution in [2.75, 3.05) is 19.6 Å². The second-order valence-electron chi connectivity index (χ2n) is 6.45. The van der Waals surface area contributed by atoms with Crippen molar-refractivity contribution in [3.05, 3.63) is 60.1 Å². The first-order valence-electron chi connectivity index (χ1n) is 8.59. The second kappa shape index (κ2) is 7.61. The summed E-state index contributed by atoms with van der Waals surface area (Å²) in [6, 6.07) is 15.8. The Balaban J connectivity index is 1.50. The van der Waals surface area contributed by atoms with Crippen LogP contribution < -0.4 is 9.80 Å². The van der Waals surface area contributed by atoms with Crippen LogP contribution in [0.15, 0.2) is 53.1 Å². The van der Waals surface area contributed by atoms with E-state index in [2.05, 4.69) is 43.3 Å². The first-order chi connectivity index (χ1) is 10.8. The van der Waals surface area contributed by atoms with E-state index >= 15 is 0 Å².